The molecule has 1 fully saturated rings. The number of hydrogen-bond donors (Lipinski definition) is 0. The lowest BCUT2D eigenvalue weighted by Gasteiger charge is -2.34. The number of ether oxygens (including phenoxy) is 2. The van der Waals surface area contributed by atoms with Crippen LogP contribution in [0.3, 0.4) is 0 Å². The predicted octanol–water partition coefficient (Wildman–Crippen LogP) is 2.95. The third kappa shape index (κ3) is 4.08. The van der Waals surface area contributed by atoms with E-state index in [0.717, 1.165) is 39.1 Å². The number of benzene rings is 2. The molecule has 2 heterocycles. The lowest BCUT2D eigenvalue weighted by molar-refractivity contribution is -0.144. The first-order valence-corrected chi connectivity index (χ1v) is 9.68. The molecular formula is C22H26N2O3. The minimum absolute atomic E-state index is 0.0264. The maximum absolute atomic E-state index is 13.1. The molecule has 0 N–H and O–H groups in total. The van der Waals surface area contributed by atoms with Crippen LogP contribution in [0.15, 0.2) is 54.6 Å². The molecule has 0 saturated carbocycles. The van der Waals surface area contributed by atoms with Gasteiger partial charge in [0, 0.05) is 32.7 Å². The van der Waals surface area contributed by atoms with Crippen LogP contribution in [0.4, 0.5) is 0 Å². The fourth-order valence-electron chi connectivity index (χ4n) is 3.76. The second kappa shape index (κ2) is 8.01. The van der Waals surface area contributed by atoms with Crippen LogP contribution in [0, 0.1) is 0 Å². The van der Waals surface area contributed by atoms with Gasteiger partial charge in [-0.3, -0.25) is 9.69 Å². The second-order valence-electron chi connectivity index (χ2n) is 7.25. The number of carbonyl (C=O) groups is 1. The number of para-hydroxylation sites is 2. The summed E-state index contributed by atoms with van der Waals surface area (Å²) in [6, 6.07) is 18.0. The van der Waals surface area contributed by atoms with Crippen molar-refractivity contribution in [2.75, 3.05) is 26.2 Å². The average Bonchev–Trinajstić information content (AvgIpc) is 2.93. The Morgan fingerprint density at radius 3 is 2.41 bits per heavy atom. The Morgan fingerprint density at radius 2 is 1.63 bits per heavy atom. The molecule has 0 unspecified atom stereocenters. The van der Waals surface area contributed by atoms with Gasteiger partial charge in [0.05, 0.1) is 0 Å². The van der Waals surface area contributed by atoms with Gasteiger partial charge in [0.15, 0.2) is 11.5 Å². The van der Waals surface area contributed by atoms with Gasteiger partial charge in [-0.1, -0.05) is 42.5 Å². The first-order valence-electron chi connectivity index (χ1n) is 9.68. The monoisotopic (exact) mass is 366 g/mol. The van der Waals surface area contributed by atoms with E-state index in [1.807, 2.05) is 42.2 Å². The number of rotatable bonds is 3. The number of carbonyl (C=O) groups excluding carboxylic acids is 1. The van der Waals surface area contributed by atoms with Crippen LogP contribution < -0.4 is 9.47 Å². The third-order valence-electron chi connectivity index (χ3n) is 5.23. The van der Waals surface area contributed by atoms with Gasteiger partial charge in [0.2, 0.25) is 6.10 Å². The number of hydrogen-bond acceptors (Lipinski definition) is 4. The smallest absolute Gasteiger partial charge is 0.267 e. The van der Waals surface area contributed by atoms with E-state index in [9.17, 15) is 4.79 Å². The molecule has 0 spiro atoms. The highest BCUT2D eigenvalue weighted by molar-refractivity contribution is 5.82. The van der Waals surface area contributed by atoms with E-state index < -0.39 is 6.10 Å². The van der Waals surface area contributed by atoms with Crippen LogP contribution in [-0.4, -0.2) is 54.1 Å². The van der Waals surface area contributed by atoms with Crippen molar-refractivity contribution in [1.82, 2.24) is 9.80 Å². The Kier molecular flexibility index (Phi) is 5.30. The van der Waals surface area contributed by atoms with Crippen molar-refractivity contribution in [3.63, 3.8) is 0 Å². The molecule has 2 aliphatic heterocycles. The van der Waals surface area contributed by atoms with E-state index in [0.29, 0.717) is 11.5 Å². The molecule has 4 rings (SSSR count). The van der Waals surface area contributed by atoms with Crippen LogP contribution in [0.2, 0.25) is 0 Å². The molecule has 1 saturated heterocycles. The van der Waals surface area contributed by atoms with Gasteiger partial charge in [-0.2, -0.15) is 0 Å². The lowest BCUT2D eigenvalue weighted by Crippen LogP contribution is -2.51. The van der Waals surface area contributed by atoms with Crippen molar-refractivity contribution < 1.29 is 14.3 Å². The van der Waals surface area contributed by atoms with Crippen molar-refractivity contribution in [3.05, 3.63) is 60.2 Å². The van der Waals surface area contributed by atoms with Crippen molar-refractivity contribution in [3.8, 4) is 11.5 Å². The van der Waals surface area contributed by atoms with Crippen molar-refractivity contribution >= 4 is 5.91 Å². The Labute approximate surface area is 160 Å². The maximum atomic E-state index is 13.1. The lowest BCUT2D eigenvalue weighted by atomic mass is 10.1. The van der Waals surface area contributed by atoms with Crippen LogP contribution in [-0.2, 0) is 11.3 Å². The van der Waals surface area contributed by atoms with E-state index in [2.05, 4.69) is 29.2 Å². The summed E-state index contributed by atoms with van der Waals surface area (Å²) in [6.07, 6.45) is 0.0913. The highest BCUT2D eigenvalue weighted by Crippen LogP contribution is 2.34. The molecule has 1 amide bonds. The molecule has 0 aliphatic carbocycles. The summed E-state index contributed by atoms with van der Waals surface area (Å²) < 4.78 is 11.9. The van der Waals surface area contributed by atoms with E-state index in [-0.39, 0.29) is 12.0 Å². The Hall–Kier alpha value is -2.53. The van der Waals surface area contributed by atoms with Gasteiger partial charge in [-0.25, -0.2) is 0 Å². The Morgan fingerprint density at radius 1 is 0.926 bits per heavy atom. The summed E-state index contributed by atoms with van der Waals surface area (Å²) in [4.78, 5) is 17.4. The number of fused-ring (bicyclic) bond motifs is 1. The zero-order valence-electron chi connectivity index (χ0n) is 15.7. The SMILES string of the molecule is C[C@@H]1Oc2ccccc2O[C@H]1C(=O)N1CCCN(Cc2ccccc2)CC1. The molecule has 27 heavy (non-hydrogen) atoms. The Balaban J connectivity index is 1.38. The topological polar surface area (TPSA) is 42.0 Å². The first kappa shape index (κ1) is 17.9. The summed E-state index contributed by atoms with van der Waals surface area (Å²) in [5.74, 6) is 1.38. The summed E-state index contributed by atoms with van der Waals surface area (Å²) in [7, 11) is 0. The van der Waals surface area contributed by atoms with Gasteiger partial charge >= 0.3 is 0 Å². The fourth-order valence-corrected chi connectivity index (χ4v) is 3.76. The minimum atomic E-state index is -0.583. The normalized spacial score (nSPS) is 22.9. The summed E-state index contributed by atoms with van der Waals surface area (Å²) in [5.41, 5.74) is 1.31. The molecule has 0 radical (unpaired) electrons. The average molecular weight is 366 g/mol. The highest BCUT2D eigenvalue weighted by Gasteiger charge is 2.37. The molecule has 2 aromatic carbocycles. The van der Waals surface area contributed by atoms with Gasteiger partial charge in [-0.05, 0) is 31.0 Å². The van der Waals surface area contributed by atoms with Crippen LogP contribution in [0.5, 0.6) is 11.5 Å². The molecule has 2 atom stereocenters. The second-order valence-corrected chi connectivity index (χ2v) is 7.25. The van der Waals surface area contributed by atoms with Gasteiger partial charge < -0.3 is 14.4 Å². The maximum Gasteiger partial charge on any atom is 0.267 e. The first-order chi connectivity index (χ1) is 13.2. The third-order valence-corrected chi connectivity index (χ3v) is 5.23. The zero-order chi connectivity index (χ0) is 18.6. The molecule has 5 heteroatoms. The van der Waals surface area contributed by atoms with Crippen LogP contribution >= 0.6 is 0 Å². The quantitative estimate of drug-likeness (QED) is 0.838. The summed E-state index contributed by atoms with van der Waals surface area (Å²) in [5, 5.41) is 0. The number of amides is 1. The number of nitrogens with zero attached hydrogens (tertiary/aromatic N) is 2. The minimum Gasteiger partial charge on any atom is -0.482 e. The molecular weight excluding hydrogens is 340 g/mol. The van der Waals surface area contributed by atoms with Crippen LogP contribution in [0.25, 0.3) is 0 Å². The predicted molar refractivity (Wildman–Crippen MR) is 104 cm³/mol. The van der Waals surface area contributed by atoms with Gasteiger partial charge in [0.25, 0.3) is 5.91 Å². The van der Waals surface area contributed by atoms with Crippen molar-refractivity contribution in [2.24, 2.45) is 0 Å². The zero-order valence-corrected chi connectivity index (χ0v) is 15.7. The van der Waals surface area contributed by atoms with Gasteiger partial charge in [-0.15, -0.1) is 0 Å². The molecule has 5 nitrogen and oxygen atoms in total. The van der Waals surface area contributed by atoms with Crippen LogP contribution in [0.1, 0.15) is 18.9 Å². The Bertz CT molecular complexity index is 780. The molecule has 0 aromatic heterocycles. The molecule has 2 aromatic rings. The summed E-state index contributed by atoms with van der Waals surface area (Å²) >= 11 is 0. The molecule has 142 valence electrons. The summed E-state index contributed by atoms with van der Waals surface area (Å²) in [6.45, 7) is 6.18. The molecule has 0 bridgehead atoms. The largest absolute Gasteiger partial charge is 0.482 e. The van der Waals surface area contributed by atoms with E-state index >= 15 is 0 Å². The molecule has 2 aliphatic rings. The van der Waals surface area contributed by atoms with Crippen molar-refractivity contribution in [1.29, 1.82) is 0 Å². The fraction of sp³-hybridized carbons (Fsp3) is 0.409. The van der Waals surface area contributed by atoms with E-state index in [4.69, 9.17) is 9.47 Å². The van der Waals surface area contributed by atoms with E-state index in [1.54, 1.807) is 0 Å². The standard InChI is InChI=1S/C22H26N2O3/c1-17-21(27-20-11-6-5-10-19(20)26-17)22(25)24-13-7-12-23(14-15-24)16-18-8-3-2-4-9-18/h2-6,8-11,17,21H,7,12-16H2,1H3/t17-,21+/m0/s1. The van der Waals surface area contributed by atoms with E-state index in [1.165, 1.54) is 5.56 Å². The highest BCUT2D eigenvalue weighted by atomic mass is 16.6. The van der Waals surface area contributed by atoms with Crippen molar-refractivity contribution in [2.45, 2.75) is 32.1 Å². The van der Waals surface area contributed by atoms with Gasteiger partial charge in [0.1, 0.15) is 6.10 Å².